The van der Waals surface area contributed by atoms with E-state index in [4.69, 9.17) is 4.98 Å². The van der Waals surface area contributed by atoms with E-state index in [1.165, 1.54) is 35.0 Å². The summed E-state index contributed by atoms with van der Waals surface area (Å²) in [5.41, 5.74) is 3.66. The molecule has 4 rings (SSSR count). The first-order valence-electron chi connectivity index (χ1n) is 10.7. The van der Waals surface area contributed by atoms with Gasteiger partial charge in [-0.05, 0) is 47.9 Å². The van der Waals surface area contributed by atoms with Gasteiger partial charge in [-0.2, -0.15) is 0 Å². The number of carbonyl (C=O) groups is 1. The number of aryl methyl sites for hydroxylation is 1. The molecule has 3 aromatic carbocycles. The molecular weight excluding hydrogens is 437 g/mol. The third-order valence-corrected chi connectivity index (χ3v) is 6.44. The molecule has 0 aliphatic carbocycles. The molecule has 0 radical (unpaired) electrons. The number of fused-ring (bicyclic) bond motifs is 1. The average Bonchev–Trinajstić information content (AvgIpc) is 2.83. The van der Waals surface area contributed by atoms with Gasteiger partial charge in [0.15, 0.2) is 5.16 Å². The van der Waals surface area contributed by atoms with Crippen LogP contribution >= 0.6 is 11.8 Å². The van der Waals surface area contributed by atoms with E-state index >= 15 is 0 Å². The van der Waals surface area contributed by atoms with Crippen LogP contribution in [0.2, 0.25) is 0 Å². The quantitative estimate of drug-likeness (QED) is 0.301. The van der Waals surface area contributed by atoms with Crippen molar-refractivity contribution >= 4 is 28.6 Å². The number of carbonyl (C=O) groups excluding carboxylic acids is 1. The lowest BCUT2D eigenvalue weighted by molar-refractivity contribution is -0.121. The highest BCUT2D eigenvalue weighted by molar-refractivity contribution is 7.98. The fourth-order valence-electron chi connectivity index (χ4n) is 3.47. The van der Waals surface area contributed by atoms with E-state index in [0.717, 1.165) is 5.56 Å². The van der Waals surface area contributed by atoms with Crippen molar-refractivity contribution in [3.05, 3.63) is 106 Å². The summed E-state index contributed by atoms with van der Waals surface area (Å²) in [6.07, 6.45) is 0.138. The molecule has 168 valence electrons. The summed E-state index contributed by atoms with van der Waals surface area (Å²) in [5.74, 6) is 0.173. The van der Waals surface area contributed by atoms with Crippen molar-refractivity contribution in [2.45, 2.75) is 37.3 Å². The Morgan fingerprint density at radius 3 is 2.55 bits per heavy atom. The third kappa shape index (κ3) is 5.68. The third-order valence-electron chi connectivity index (χ3n) is 5.41. The van der Waals surface area contributed by atoms with Crippen LogP contribution in [-0.4, -0.2) is 15.5 Å². The molecule has 0 aliphatic heterocycles. The van der Waals surface area contributed by atoms with Crippen molar-refractivity contribution in [3.8, 4) is 0 Å². The van der Waals surface area contributed by atoms with E-state index in [2.05, 4.69) is 24.4 Å². The molecule has 1 amide bonds. The summed E-state index contributed by atoms with van der Waals surface area (Å²) in [5, 5.41) is 3.95. The Morgan fingerprint density at radius 2 is 1.76 bits per heavy atom. The first kappa shape index (κ1) is 22.7. The van der Waals surface area contributed by atoms with Crippen LogP contribution in [0.5, 0.6) is 0 Å². The van der Waals surface area contributed by atoms with E-state index in [-0.39, 0.29) is 30.2 Å². The Labute approximate surface area is 195 Å². The Kier molecular flexibility index (Phi) is 7.19. The summed E-state index contributed by atoms with van der Waals surface area (Å²) in [7, 11) is 0. The van der Waals surface area contributed by atoms with Gasteiger partial charge in [0.2, 0.25) is 5.91 Å². The zero-order chi connectivity index (χ0) is 23.2. The molecule has 1 N–H and O–H groups in total. The highest BCUT2D eigenvalue weighted by Gasteiger charge is 2.13. The summed E-state index contributed by atoms with van der Waals surface area (Å²) < 4.78 is 14.6. The maximum atomic E-state index is 13.2. The van der Waals surface area contributed by atoms with Crippen LogP contribution in [0.15, 0.2) is 82.7 Å². The number of benzene rings is 3. The van der Waals surface area contributed by atoms with Crippen LogP contribution in [0.25, 0.3) is 10.9 Å². The average molecular weight is 462 g/mol. The smallest absolute Gasteiger partial charge is 0.262 e. The van der Waals surface area contributed by atoms with Crippen LogP contribution in [0.3, 0.4) is 0 Å². The molecule has 0 unspecified atom stereocenters. The first-order chi connectivity index (χ1) is 16.0. The van der Waals surface area contributed by atoms with Gasteiger partial charge >= 0.3 is 0 Å². The van der Waals surface area contributed by atoms with Crippen molar-refractivity contribution in [1.29, 1.82) is 0 Å². The van der Waals surface area contributed by atoms with Gasteiger partial charge < -0.3 is 5.32 Å². The second kappa shape index (κ2) is 10.4. The van der Waals surface area contributed by atoms with Gasteiger partial charge in [0.05, 0.1) is 10.9 Å². The monoisotopic (exact) mass is 461 g/mol. The van der Waals surface area contributed by atoms with Gasteiger partial charge in [-0.15, -0.1) is 0 Å². The lowest BCUT2D eigenvalue weighted by Gasteiger charge is -2.14. The molecule has 7 heteroatoms. The minimum Gasteiger partial charge on any atom is -0.352 e. The second-order valence-corrected chi connectivity index (χ2v) is 8.68. The summed E-state index contributed by atoms with van der Waals surface area (Å²) in [6, 6.07) is 21.4. The number of hydrogen-bond acceptors (Lipinski definition) is 4. The molecule has 5 nitrogen and oxygen atoms in total. The molecule has 1 heterocycles. The van der Waals surface area contributed by atoms with Gasteiger partial charge in [-0.25, -0.2) is 9.37 Å². The van der Waals surface area contributed by atoms with E-state index in [9.17, 15) is 14.0 Å². The van der Waals surface area contributed by atoms with Gasteiger partial charge in [-0.3, -0.25) is 14.2 Å². The molecule has 0 fully saturated rings. The molecule has 33 heavy (non-hydrogen) atoms. The number of amides is 1. The second-order valence-electron chi connectivity index (χ2n) is 7.74. The highest BCUT2D eigenvalue weighted by Crippen LogP contribution is 2.24. The largest absolute Gasteiger partial charge is 0.352 e. The maximum absolute atomic E-state index is 13.2. The molecule has 0 saturated heterocycles. The van der Waals surface area contributed by atoms with Gasteiger partial charge in [0.25, 0.3) is 5.56 Å². The maximum Gasteiger partial charge on any atom is 0.262 e. The normalized spacial score (nSPS) is 11.0. The number of rotatable bonds is 8. The van der Waals surface area contributed by atoms with Crippen molar-refractivity contribution in [2.24, 2.45) is 0 Å². The molecule has 0 bridgehead atoms. The molecule has 1 aromatic heterocycles. The van der Waals surface area contributed by atoms with Gasteiger partial charge in [0, 0.05) is 25.3 Å². The fourth-order valence-corrected chi connectivity index (χ4v) is 4.58. The predicted molar refractivity (Wildman–Crippen MR) is 130 cm³/mol. The van der Waals surface area contributed by atoms with Crippen LogP contribution in [0.4, 0.5) is 4.39 Å². The Hall–Kier alpha value is -3.45. The number of para-hydroxylation sites is 1. The van der Waals surface area contributed by atoms with E-state index in [1.807, 2.05) is 30.3 Å². The van der Waals surface area contributed by atoms with Crippen LogP contribution in [0, 0.1) is 12.7 Å². The minimum absolute atomic E-state index is 0.138. The molecule has 0 aliphatic rings. The van der Waals surface area contributed by atoms with Gasteiger partial charge in [0.1, 0.15) is 5.82 Å². The van der Waals surface area contributed by atoms with Crippen LogP contribution < -0.4 is 10.9 Å². The SMILES string of the molecule is Cc1ccccc1CSc1nc2ccccc2c(=O)n1CCC(=O)NCc1ccc(F)cc1. The molecule has 0 saturated carbocycles. The summed E-state index contributed by atoms with van der Waals surface area (Å²) >= 11 is 1.49. The zero-order valence-electron chi connectivity index (χ0n) is 18.3. The number of thioether (sulfide) groups is 1. The number of nitrogens with one attached hydrogen (secondary N) is 1. The van der Waals surface area contributed by atoms with Crippen molar-refractivity contribution in [3.63, 3.8) is 0 Å². The molecule has 0 atom stereocenters. The lowest BCUT2D eigenvalue weighted by atomic mass is 10.1. The minimum atomic E-state index is -0.316. The highest BCUT2D eigenvalue weighted by atomic mass is 32.2. The first-order valence-corrected chi connectivity index (χ1v) is 11.7. The number of aromatic nitrogens is 2. The summed E-state index contributed by atoms with van der Waals surface area (Å²) in [4.78, 5) is 30.4. The summed E-state index contributed by atoms with van der Waals surface area (Å²) in [6.45, 7) is 2.59. The van der Waals surface area contributed by atoms with Crippen molar-refractivity contribution in [2.75, 3.05) is 0 Å². The lowest BCUT2D eigenvalue weighted by Crippen LogP contribution is -2.28. The Morgan fingerprint density at radius 1 is 1.03 bits per heavy atom. The zero-order valence-corrected chi connectivity index (χ0v) is 19.1. The predicted octanol–water partition coefficient (Wildman–Crippen LogP) is 4.84. The van der Waals surface area contributed by atoms with Crippen molar-refractivity contribution in [1.82, 2.24) is 14.9 Å². The Balaban J connectivity index is 1.51. The van der Waals surface area contributed by atoms with E-state index in [1.54, 1.807) is 22.8 Å². The number of nitrogens with zero attached hydrogens (tertiary/aromatic N) is 2. The number of halogens is 1. The van der Waals surface area contributed by atoms with Crippen LogP contribution in [-0.2, 0) is 23.6 Å². The molecule has 0 spiro atoms. The molecular formula is C26H24FN3O2S. The Bertz CT molecular complexity index is 1340. The fraction of sp³-hybridized carbons (Fsp3) is 0.192. The van der Waals surface area contributed by atoms with E-state index < -0.39 is 0 Å². The topological polar surface area (TPSA) is 64.0 Å². The van der Waals surface area contributed by atoms with E-state index in [0.29, 0.717) is 28.4 Å². The van der Waals surface area contributed by atoms with Crippen molar-refractivity contribution < 1.29 is 9.18 Å². The standard InChI is InChI=1S/C26H24FN3O2S/c1-18-6-2-3-7-20(18)17-33-26-29-23-9-5-4-8-22(23)25(32)30(26)15-14-24(31)28-16-19-10-12-21(27)13-11-19/h2-13H,14-17H2,1H3,(H,28,31). The number of hydrogen-bond donors (Lipinski definition) is 1. The van der Waals surface area contributed by atoms with Crippen LogP contribution in [0.1, 0.15) is 23.1 Å². The van der Waals surface area contributed by atoms with Gasteiger partial charge in [-0.1, -0.05) is 60.3 Å². The molecule has 4 aromatic rings.